The number of ether oxygens (including phenoxy) is 2. The Hall–Kier alpha value is -4.58. The summed E-state index contributed by atoms with van der Waals surface area (Å²) in [6.45, 7) is 15.8. The molecule has 10 atom stereocenters. The van der Waals surface area contributed by atoms with E-state index in [4.69, 9.17) is 36.5 Å². The number of carbonyl (C=O) groups is 2. The molecule has 356 valence electrons. The zero-order valence-corrected chi connectivity index (χ0v) is 40.9. The SMILES string of the molecule is COP1(=O)OC[C@H]2O[C@@H](n3cnc4c(=O)[nH]c(NC(=O)C(C)C)nc43)C(OP(C)(=O)OC[C@H]3O[C@@H](n4cnc5c(NC(=O)c6ccccc6)ncnc54)C(O1)[C@H]3C)[C@H]2O[Si](C)(C)C(C)(C)C. The van der Waals surface area contributed by atoms with Crippen LogP contribution in [-0.2, 0) is 50.4 Å². The summed E-state index contributed by atoms with van der Waals surface area (Å²) in [4.78, 5) is 63.6. The highest BCUT2D eigenvalue weighted by molar-refractivity contribution is 7.53. The predicted molar refractivity (Wildman–Crippen MR) is 240 cm³/mol. The van der Waals surface area contributed by atoms with Gasteiger partial charge in [-0.25, -0.2) is 24.5 Å². The first-order valence-electron chi connectivity index (χ1n) is 21.3. The summed E-state index contributed by atoms with van der Waals surface area (Å²) in [5.41, 5.74) is 0.171. The molecule has 7 heterocycles. The molecule has 0 aliphatic carbocycles. The minimum absolute atomic E-state index is 0.00767. The fraction of sp³-hybridized carbons (Fsp3) is 0.550. The molecule has 4 unspecified atom stereocenters. The summed E-state index contributed by atoms with van der Waals surface area (Å²) >= 11 is 0. The molecule has 5 aromatic rings. The molecule has 66 heavy (non-hydrogen) atoms. The maximum atomic E-state index is 14.7. The summed E-state index contributed by atoms with van der Waals surface area (Å²) < 4.78 is 83.2. The normalized spacial score (nSPS) is 29.9. The van der Waals surface area contributed by atoms with E-state index in [1.54, 1.807) is 55.7 Å². The van der Waals surface area contributed by atoms with Crippen LogP contribution in [0.2, 0.25) is 18.1 Å². The van der Waals surface area contributed by atoms with Gasteiger partial charge in [-0.3, -0.25) is 56.5 Å². The maximum Gasteiger partial charge on any atom is 0.475 e. The number of phosphoric ester groups is 1. The van der Waals surface area contributed by atoms with E-state index in [1.165, 1.54) is 37.3 Å². The summed E-state index contributed by atoms with van der Waals surface area (Å²) in [7, 11) is -10.2. The number of hydrogen-bond donors (Lipinski definition) is 3. The molecule has 4 aromatic heterocycles. The second kappa shape index (κ2) is 18.1. The van der Waals surface area contributed by atoms with Crippen molar-refractivity contribution in [2.24, 2.45) is 11.8 Å². The van der Waals surface area contributed by atoms with Crippen LogP contribution in [0.1, 0.15) is 64.4 Å². The lowest BCUT2D eigenvalue weighted by Gasteiger charge is -2.41. The molecule has 4 bridgehead atoms. The average Bonchev–Trinajstić information content (AvgIpc) is 4.03. The molecule has 3 N–H and O–H groups in total. The largest absolute Gasteiger partial charge is 0.475 e. The molecular formula is C40H54N10O13P2Si. The molecule has 3 saturated heterocycles. The Morgan fingerprint density at radius 1 is 0.894 bits per heavy atom. The number of amides is 2. The number of aromatic nitrogens is 8. The van der Waals surface area contributed by atoms with Gasteiger partial charge in [0.25, 0.3) is 11.5 Å². The number of carbonyl (C=O) groups excluding carboxylic acids is 2. The lowest BCUT2D eigenvalue weighted by molar-refractivity contribution is -0.118. The van der Waals surface area contributed by atoms with Crippen molar-refractivity contribution in [2.45, 2.75) is 103 Å². The van der Waals surface area contributed by atoms with Gasteiger partial charge in [0, 0.05) is 31.2 Å². The van der Waals surface area contributed by atoms with Crippen molar-refractivity contribution in [1.29, 1.82) is 0 Å². The second-order valence-corrected chi connectivity index (χ2v) is 26.7. The number of aromatic amines is 1. The van der Waals surface area contributed by atoms with Gasteiger partial charge in [0.2, 0.25) is 11.9 Å². The summed E-state index contributed by atoms with van der Waals surface area (Å²) in [6.07, 6.45) is -3.72. The highest BCUT2D eigenvalue weighted by Gasteiger charge is 2.56. The predicted octanol–water partition coefficient (Wildman–Crippen LogP) is 6.02. The molecule has 3 aliphatic heterocycles. The van der Waals surface area contributed by atoms with Crippen molar-refractivity contribution < 1.29 is 55.2 Å². The Morgan fingerprint density at radius 3 is 2.23 bits per heavy atom. The fourth-order valence-corrected chi connectivity index (χ4v) is 11.1. The number of nitrogens with one attached hydrogen (secondary N) is 3. The Labute approximate surface area is 380 Å². The van der Waals surface area contributed by atoms with Crippen LogP contribution >= 0.6 is 15.4 Å². The van der Waals surface area contributed by atoms with Gasteiger partial charge < -0.3 is 23.7 Å². The van der Waals surface area contributed by atoms with Crippen LogP contribution in [0.4, 0.5) is 11.8 Å². The molecule has 0 radical (unpaired) electrons. The maximum absolute atomic E-state index is 14.7. The molecule has 23 nitrogen and oxygen atoms in total. The van der Waals surface area contributed by atoms with Gasteiger partial charge in [-0.2, -0.15) is 4.98 Å². The summed E-state index contributed by atoms with van der Waals surface area (Å²) in [5, 5.41) is 5.04. The van der Waals surface area contributed by atoms with Gasteiger partial charge in [-0.05, 0) is 30.3 Å². The van der Waals surface area contributed by atoms with Gasteiger partial charge in [0.05, 0.1) is 32.0 Å². The van der Waals surface area contributed by atoms with E-state index < -0.39 is 103 Å². The van der Waals surface area contributed by atoms with Crippen molar-refractivity contribution in [2.75, 3.05) is 37.6 Å². The summed E-state index contributed by atoms with van der Waals surface area (Å²) in [5.74, 6) is -1.85. The van der Waals surface area contributed by atoms with Crippen LogP contribution in [0.15, 0.2) is 54.1 Å². The Morgan fingerprint density at radius 2 is 1.55 bits per heavy atom. The number of H-pyrrole nitrogens is 1. The lowest BCUT2D eigenvalue weighted by atomic mass is 10.0. The molecular weight excluding hydrogens is 919 g/mol. The van der Waals surface area contributed by atoms with E-state index in [-0.39, 0.29) is 45.7 Å². The van der Waals surface area contributed by atoms with E-state index in [9.17, 15) is 23.5 Å². The Kier molecular flexibility index (Phi) is 13.2. The number of rotatable bonds is 9. The number of fused-ring (bicyclic) bond motifs is 6. The average molecular weight is 973 g/mol. The minimum Gasteiger partial charge on any atom is -0.408 e. The standard InChI is InChI=1S/C40H54N10O13P2Si/c1-21(2)34(51)47-39-46-33-27(36(53)48-39)44-20-50(33)38-30-29(63-66(9,10)40(4,5)6)25(60-38)17-58-65(55,56-7)62-28-22(3)24(16-57-64(8,54)61-30)59-37(28)49-19-43-26-31(41-18-42-32(26)49)45-35(52)23-14-12-11-13-15-23/h11-15,18-22,24-25,28-30,37-38H,16-17H2,1-10H3,(H,41,42,45,52)(H2,46,47,48,51,53)/t22-,24+,25+,28?,29-,30?,37+,38+,64?,65?/m0/s1. The van der Waals surface area contributed by atoms with E-state index in [0.717, 1.165) is 0 Å². The van der Waals surface area contributed by atoms with Crippen LogP contribution in [-0.4, -0.2) is 117 Å². The van der Waals surface area contributed by atoms with Gasteiger partial charge in [-0.1, -0.05) is 59.7 Å². The second-order valence-electron chi connectivity index (χ2n) is 18.2. The lowest BCUT2D eigenvalue weighted by Crippen LogP contribution is -2.50. The van der Waals surface area contributed by atoms with E-state index >= 15 is 0 Å². The van der Waals surface area contributed by atoms with Gasteiger partial charge in [-0.15, -0.1) is 0 Å². The van der Waals surface area contributed by atoms with Crippen molar-refractivity contribution in [3.05, 3.63) is 65.2 Å². The monoisotopic (exact) mass is 972 g/mol. The number of benzene rings is 1. The smallest absolute Gasteiger partial charge is 0.408 e. The molecule has 1 aromatic carbocycles. The first kappa shape index (κ1) is 47.9. The van der Waals surface area contributed by atoms with Crippen LogP contribution in [0.5, 0.6) is 0 Å². The highest BCUT2D eigenvalue weighted by atomic mass is 31.2. The Balaban J connectivity index is 1.16. The topological polar surface area (TPSA) is 273 Å². The number of hydrogen-bond acceptors (Lipinski definition) is 18. The third-order valence-electron chi connectivity index (χ3n) is 12.3. The highest BCUT2D eigenvalue weighted by Crippen LogP contribution is 2.57. The van der Waals surface area contributed by atoms with Crippen molar-refractivity contribution in [1.82, 2.24) is 39.0 Å². The minimum atomic E-state index is -4.52. The number of imidazole rings is 2. The zero-order valence-electron chi connectivity index (χ0n) is 38.1. The molecule has 0 saturated carbocycles. The van der Waals surface area contributed by atoms with Crippen molar-refractivity contribution >= 4 is 69.6 Å². The fourth-order valence-electron chi connectivity index (χ4n) is 7.48. The number of anilines is 2. The van der Waals surface area contributed by atoms with Crippen LogP contribution in [0, 0.1) is 11.8 Å². The number of nitrogens with zero attached hydrogens (tertiary/aromatic N) is 7. The third-order valence-corrected chi connectivity index (χ3v) is 19.4. The molecule has 8 rings (SSSR count). The molecule has 3 aliphatic rings. The van der Waals surface area contributed by atoms with E-state index in [1.807, 2.05) is 33.9 Å². The van der Waals surface area contributed by atoms with Gasteiger partial charge >= 0.3 is 15.4 Å². The molecule has 3 fully saturated rings. The quantitative estimate of drug-likeness (QED) is 0.112. The Bertz CT molecular complexity index is 2780. The third kappa shape index (κ3) is 9.46. The van der Waals surface area contributed by atoms with Crippen molar-refractivity contribution in [3.8, 4) is 0 Å². The molecule has 26 heteroatoms. The zero-order chi connectivity index (χ0) is 47.5. The molecule has 2 amide bonds. The first-order valence-corrected chi connectivity index (χ1v) is 27.6. The van der Waals surface area contributed by atoms with E-state index in [2.05, 4.69) is 40.5 Å². The summed E-state index contributed by atoms with van der Waals surface area (Å²) in [6, 6.07) is 8.59. The van der Waals surface area contributed by atoms with Crippen molar-refractivity contribution in [3.63, 3.8) is 0 Å². The van der Waals surface area contributed by atoms with Gasteiger partial charge in [0.15, 0.2) is 48.9 Å². The van der Waals surface area contributed by atoms with Crippen LogP contribution in [0.3, 0.4) is 0 Å². The molecule has 0 spiro atoms. The van der Waals surface area contributed by atoms with Crippen LogP contribution in [0.25, 0.3) is 22.3 Å². The van der Waals surface area contributed by atoms with Gasteiger partial charge in [0.1, 0.15) is 30.7 Å². The van der Waals surface area contributed by atoms with Crippen LogP contribution < -0.4 is 16.2 Å². The first-order chi connectivity index (χ1) is 31.1. The van der Waals surface area contributed by atoms with E-state index in [0.29, 0.717) is 5.56 Å². The number of phosphoric acid groups is 1.